The van der Waals surface area contributed by atoms with Crippen molar-refractivity contribution in [3.05, 3.63) is 0 Å². The fraction of sp³-hybridized carbons (Fsp3) is 1.00. The van der Waals surface area contributed by atoms with E-state index >= 15 is 0 Å². The molecule has 0 spiro atoms. The minimum Gasteiger partial charge on any atom is -0.353 e. The lowest BCUT2D eigenvalue weighted by molar-refractivity contribution is -0.144. The number of unbranched alkanes of at least 4 members (excludes halogenated alkanes) is 8. The van der Waals surface area contributed by atoms with Crippen molar-refractivity contribution in [2.24, 2.45) is 5.73 Å². The number of hydrogen-bond donors (Lipinski definition) is 1. The summed E-state index contributed by atoms with van der Waals surface area (Å²) in [6, 6.07) is 0. The molecular weight excluding hydrogens is 349 g/mol. The van der Waals surface area contributed by atoms with Crippen LogP contribution in [0.2, 0.25) is 0 Å². The second kappa shape index (κ2) is 18.3. The summed E-state index contributed by atoms with van der Waals surface area (Å²) < 4.78 is 28.1. The van der Waals surface area contributed by atoms with Crippen molar-refractivity contribution in [2.45, 2.75) is 110 Å². The molecule has 2 N–H and O–H groups in total. The molecule has 0 aliphatic rings. The summed E-state index contributed by atoms with van der Waals surface area (Å²) in [5.41, 5.74) is 5.00. The van der Waals surface area contributed by atoms with E-state index in [2.05, 4.69) is 6.92 Å². The molecule has 5 nitrogen and oxygen atoms in total. The zero-order valence-electron chi connectivity index (χ0n) is 17.4. The third kappa shape index (κ3) is 15.0. The number of hydrogen-bond acceptors (Lipinski definition) is 5. The van der Waals surface area contributed by atoms with Crippen LogP contribution in [0.1, 0.15) is 97.8 Å². The Morgan fingerprint density at radius 1 is 0.846 bits per heavy atom. The van der Waals surface area contributed by atoms with E-state index in [1.807, 2.05) is 13.8 Å². The lowest BCUT2D eigenvalue weighted by Gasteiger charge is -2.18. The van der Waals surface area contributed by atoms with Gasteiger partial charge in [-0.15, -0.1) is 0 Å². The average Bonchev–Trinajstić information content (AvgIpc) is 2.63. The molecule has 26 heavy (non-hydrogen) atoms. The van der Waals surface area contributed by atoms with Crippen molar-refractivity contribution in [1.82, 2.24) is 0 Å². The maximum atomic E-state index is 11.2. The summed E-state index contributed by atoms with van der Waals surface area (Å²) in [5, 5.41) is 0. The van der Waals surface area contributed by atoms with Crippen LogP contribution in [-0.2, 0) is 18.8 Å². The normalized spacial score (nSPS) is 15.2. The molecule has 0 fully saturated rings. The Kier molecular flexibility index (Phi) is 18.3. The first-order chi connectivity index (χ1) is 12.6. The van der Waals surface area contributed by atoms with Gasteiger partial charge in [-0.1, -0.05) is 56.4 Å². The Balaban J connectivity index is 3.71. The largest absolute Gasteiger partial charge is 0.376 e. The molecule has 0 aliphatic carbocycles. The highest BCUT2D eigenvalue weighted by Crippen LogP contribution is 2.25. The van der Waals surface area contributed by atoms with Crippen LogP contribution in [0.4, 0.5) is 0 Å². The lowest BCUT2D eigenvalue weighted by Crippen LogP contribution is -2.36. The van der Waals surface area contributed by atoms with Crippen molar-refractivity contribution < 1.29 is 18.8 Å². The van der Waals surface area contributed by atoms with Gasteiger partial charge >= 0.3 is 13.9 Å². The van der Waals surface area contributed by atoms with E-state index in [-0.39, 0.29) is 6.29 Å². The average molecular weight is 393 g/mol. The first-order valence-corrected chi connectivity index (χ1v) is 11.6. The molecule has 0 amide bonds. The van der Waals surface area contributed by atoms with Gasteiger partial charge in [0, 0.05) is 19.6 Å². The predicted molar refractivity (Wildman–Crippen MR) is 110 cm³/mol. The van der Waals surface area contributed by atoms with Gasteiger partial charge in [0.05, 0.1) is 6.61 Å². The maximum absolute atomic E-state index is 11.2. The summed E-state index contributed by atoms with van der Waals surface area (Å²) in [4.78, 5) is 0. The minimum atomic E-state index is -0.956. The molecule has 0 bridgehead atoms. The zero-order chi connectivity index (χ0) is 19.5. The Labute approximate surface area is 162 Å². The van der Waals surface area contributed by atoms with Gasteiger partial charge in [0.25, 0.3) is 0 Å². The van der Waals surface area contributed by atoms with Crippen LogP contribution in [0.25, 0.3) is 0 Å². The quantitative estimate of drug-likeness (QED) is 0.162. The molecule has 156 valence electrons. The second-order valence-corrected chi connectivity index (χ2v) is 7.95. The van der Waals surface area contributed by atoms with Crippen LogP contribution in [0.5, 0.6) is 0 Å². The van der Waals surface area contributed by atoms with Crippen LogP contribution in [-0.4, -0.2) is 31.6 Å². The zero-order valence-corrected chi connectivity index (χ0v) is 18.4. The van der Waals surface area contributed by atoms with Gasteiger partial charge in [-0.3, -0.25) is 5.73 Å². The fourth-order valence-corrected chi connectivity index (χ4v) is 3.44. The molecule has 0 rings (SSSR count). The van der Waals surface area contributed by atoms with Crippen molar-refractivity contribution in [3.8, 4) is 0 Å². The smallest absolute Gasteiger partial charge is 0.353 e. The standard InChI is InChI=1S/C20H42NO4P/c1-4-7-8-9-12-15-18-24-19(23-5-2)16-13-10-11-14-17-20(21,26-22)25-6-3/h19H,4-18,21H2,1-3H3/p+1. The number of ether oxygens (including phenoxy) is 3. The topological polar surface area (TPSA) is 70.8 Å². The molecule has 0 saturated carbocycles. The molecule has 0 aromatic heterocycles. The SMILES string of the molecule is CCCCCCCCOC(CCCCCCC(N)(OCC)[PH+]=O)OCC. The Morgan fingerprint density at radius 3 is 2.15 bits per heavy atom. The number of nitrogens with two attached hydrogens (primary N) is 1. The van der Waals surface area contributed by atoms with E-state index in [0.29, 0.717) is 19.6 Å². The monoisotopic (exact) mass is 392 g/mol. The molecule has 0 aliphatic heterocycles. The van der Waals surface area contributed by atoms with Gasteiger partial charge in [0.1, 0.15) is 0 Å². The number of rotatable bonds is 20. The lowest BCUT2D eigenvalue weighted by atomic mass is 10.1. The van der Waals surface area contributed by atoms with E-state index in [0.717, 1.165) is 45.1 Å². The van der Waals surface area contributed by atoms with Gasteiger partial charge in [-0.05, 0) is 39.5 Å². The summed E-state index contributed by atoms with van der Waals surface area (Å²) in [5.74, 6) is 0. The van der Waals surface area contributed by atoms with Crippen molar-refractivity contribution in [1.29, 1.82) is 0 Å². The molecule has 6 heteroatoms. The first-order valence-electron chi connectivity index (χ1n) is 10.7. The minimum absolute atomic E-state index is 0.0733. The molecule has 0 saturated heterocycles. The van der Waals surface area contributed by atoms with Gasteiger partial charge in [0.15, 0.2) is 6.29 Å². The molecular formula is C20H43NO4P+. The van der Waals surface area contributed by atoms with E-state index in [4.69, 9.17) is 19.9 Å². The third-order valence-corrected chi connectivity index (χ3v) is 5.21. The highest BCUT2D eigenvalue weighted by Gasteiger charge is 2.33. The highest BCUT2D eigenvalue weighted by molar-refractivity contribution is 7.25. The Morgan fingerprint density at radius 2 is 1.50 bits per heavy atom. The van der Waals surface area contributed by atoms with E-state index < -0.39 is 13.9 Å². The Hall–Kier alpha value is -0.0600. The fourth-order valence-electron chi connectivity index (χ4n) is 2.96. The Bertz CT molecular complexity index is 320. The van der Waals surface area contributed by atoms with Crippen molar-refractivity contribution in [3.63, 3.8) is 0 Å². The maximum Gasteiger partial charge on any atom is 0.376 e. The molecule has 3 atom stereocenters. The van der Waals surface area contributed by atoms with Crippen molar-refractivity contribution in [2.75, 3.05) is 19.8 Å². The van der Waals surface area contributed by atoms with E-state index in [9.17, 15) is 4.57 Å². The molecule has 0 heterocycles. The summed E-state index contributed by atoms with van der Waals surface area (Å²) >= 11 is 0. The van der Waals surface area contributed by atoms with Crippen molar-refractivity contribution >= 4 is 8.46 Å². The highest BCUT2D eigenvalue weighted by atomic mass is 31.1. The third-order valence-electron chi connectivity index (χ3n) is 4.47. The van der Waals surface area contributed by atoms with Crippen LogP contribution >= 0.6 is 8.46 Å². The summed E-state index contributed by atoms with van der Waals surface area (Å²) in [6.45, 7) is 8.12. The molecule has 0 radical (unpaired) electrons. The van der Waals surface area contributed by atoms with E-state index in [1.165, 1.54) is 32.1 Å². The van der Waals surface area contributed by atoms with Gasteiger partial charge in [-0.2, -0.15) is 0 Å². The summed E-state index contributed by atoms with van der Waals surface area (Å²) in [6.07, 6.45) is 13.3. The van der Waals surface area contributed by atoms with Crippen LogP contribution in [0, 0.1) is 0 Å². The van der Waals surface area contributed by atoms with Crippen LogP contribution < -0.4 is 5.73 Å². The molecule has 0 aromatic carbocycles. The second-order valence-electron chi connectivity index (χ2n) is 6.90. The van der Waals surface area contributed by atoms with Crippen LogP contribution in [0.15, 0.2) is 0 Å². The van der Waals surface area contributed by atoms with Gasteiger partial charge in [0.2, 0.25) is 0 Å². The van der Waals surface area contributed by atoms with Gasteiger partial charge in [-0.25, -0.2) is 0 Å². The summed E-state index contributed by atoms with van der Waals surface area (Å²) in [7, 11) is -0.619. The molecule has 0 aromatic rings. The van der Waals surface area contributed by atoms with Crippen LogP contribution in [0.3, 0.4) is 0 Å². The van der Waals surface area contributed by atoms with Gasteiger partial charge < -0.3 is 14.2 Å². The molecule has 3 unspecified atom stereocenters. The first kappa shape index (κ1) is 25.9. The predicted octanol–water partition coefficient (Wildman–Crippen LogP) is 5.74. The van der Waals surface area contributed by atoms with E-state index in [1.54, 1.807) is 0 Å².